The molecule has 1 aromatic rings. The molecule has 0 amide bonds. The number of esters is 1. The minimum absolute atomic E-state index is 0.127. The van der Waals surface area contributed by atoms with E-state index in [9.17, 15) is 13.6 Å². The second-order valence-electron chi connectivity index (χ2n) is 4.46. The summed E-state index contributed by atoms with van der Waals surface area (Å²) in [5.41, 5.74) is 0.824. The van der Waals surface area contributed by atoms with Crippen molar-refractivity contribution in [2.24, 2.45) is 0 Å². The van der Waals surface area contributed by atoms with Crippen molar-refractivity contribution in [2.45, 2.75) is 19.9 Å². The van der Waals surface area contributed by atoms with Gasteiger partial charge in [-0.05, 0) is 32.1 Å². The van der Waals surface area contributed by atoms with Gasteiger partial charge in [-0.3, -0.25) is 0 Å². The van der Waals surface area contributed by atoms with Crippen LogP contribution >= 0.6 is 12.2 Å². The standard InChI is InChI=1S/C14H14F2N2O2S/c1-3-20-13(19)11-7(2)17-14(21)18-12(11)9-5-4-8(15)6-10(9)16/h4-6,12H,3H2,1-2H3,(H2,17,18,21)/t12-/m1/s1. The second-order valence-corrected chi connectivity index (χ2v) is 4.86. The number of carbonyl (C=O) groups is 1. The van der Waals surface area contributed by atoms with Gasteiger partial charge in [0.1, 0.15) is 11.6 Å². The van der Waals surface area contributed by atoms with Crippen LogP contribution in [0.1, 0.15) is 25.5 Å². The van der Waals surface area contributed by atoms with E-state index >= 15 is 0 Å². The number of hydrogen-bond donors (Lipinski definition) is 2. The van der Waals surface area contributed by atoms with Crippen LogP contribution in [0.3, 0.4) is 0 Å². The molecule has 112 valence electrons. The summed E-state index contributed by atoms with van der Waals surface area (Å²) in [5.74, 6) is -2.02. The Morgan fingerprint density at radius 2 is 2.14 bits per heavy atom. The lowest BCUT2D eigenvalue weighted by Gasteiger charge is -2.30. The van der Waals surface area contributed by atoms with Crippen LogP contribution < -0.4 is 10.6 Å². The normalized spacial score (nSPS) is 18.1. The van der Waals surface area contributed by atoms with E-state index in [1.54, 1.807) is 13.8 Å². The number of carbonyl (C=O) groups excluding carboxylic acids is 1. The van der Waals surface area contributed by atoms with Gasteiger partial charge in [0.2, 0.25) is 0 Å². The summed E-state index contributed by atoms with van der Waals surface area (Å²) in [5, 5.41) is 5.87. The minimum atomic E-state index is -0.821. The third kappa shape index (κ3) is 3.18. The number of nitrogens with one attached hydrogen (secondary N) is 2. The van der Waals surface area contributed by atoms with Gasteiger partial charge < -0.3 is 15.4 Å². The molecule has 1 aromatic carbocycles. The predicted molar refractivity (Wildman–Crippen MR) is 77.3 cm³/mol. The number of thiocarbonyl (C=S) groups is 1. The van der Waals surface area contributed by atoms with E-state index in [0.717, 1.165) is 12.1 Å². The second kappa shape index (κ2) is 6.17. The van der Waals surface area contributed by atoms with Crippen molar-refractivity contribution < 1.29 is 18.3 Å². The zero-order valence-electron chi connectivity index (χ0n) is 11.5. The molecule has 2 rings (SSSR count). The molecular formula is C14H14F2N2O2S. The highest BCUT2D eigenvalue weighted by Gasteiger charge is 2.32. The zero-order chi connectivity index (χ0) is 15.6. The van der Waals surface area contributed by atoms with E-state index in [2.05, 4.69) is 10.6 Å². The highest BCUT2D eigenvalue weighted by molar-refractivity contribution is 7.80. The van der Waals surface area contributed by atoms with E-state index in [-0.39, 0.29) is 22.9 Å². The van der Waals surface area contributed by atoms with Crippen molar-refractivity contribution in [2.75, 3.05) is 6.61 Å². The first-order valence-electron chi connectivity index (χ1n) is 6.34. The Bertz CT molecular complexity index is 631. The third-order valence-corrected chi connectivity index (χ3v) is 3.26. The summed E-state index contributed by atoms with van der Waals surface area (Å²) in [6.07, 6.45) is 0. The highest BCUT2D eigenvalue weighted by Crippen LogP contribution is 2.29. The Morgan fingerprint density at radius 3 is 2.76 bits per heavy atom. The first-order valence-corrected chi connectivity index (χ1v) is 6.75. The van der Waals surface area contributed by atoms with E-state index in [0.29, 0.717) is 5.70 Å². The molecule has 0 aliphatic carbocycles. The van der Waals surface area contributed by atoms with Gasteiger partial charge in [-0.2, -0.15) is 0 Å². The van der Waals surface area contributed by atoms with Gasteiger partial charge in [-0.15, -0.1) is 0 Å². The molecule has 0 aromatic heterocycles. The molecule has 0 unspecified atom stereocenters. The zero-order valence-corrected chi connectivity index (χ0v) is 12.3. The number of allylic oxidation sites excluding steroid dienone is 1. The van der Waals surface area contributed by atoms with Crippen LogP contribution in [0.25, 0.3) is 0 Å². The van der Waals surface area contributed by atoms with Crippen LogP contribution in [0, 0.1) is 11.6 Å². The fourth-order valence-electron chi connectivity index (χ4n) is 2.14. The van der Waals surface area contributed by atoms with Gasteiger partial charge >= 0.3 is 5.97 Å². The van der Waals surface area contributed by atoms with Gasteiger partial charge in [-0.25, -0.2) is 13.6 Å². The lowest BCUT2D eigenvalue weighted by molar-refractivity contribution is -0.139. The van der Waals surface area contributed by atoms with Crippen LogP contribution in [-0.2, 0) is 9.53 Å². The molecule has 1 heterocycles. The molecule has 1 atom stereocenters. The Morgan fingerprint density at radius 1 is 1.43 bits per heavy atom. The molecule has 2 N–H and O–H groups in total. The van der Waals surface area contributed by atoms with Crippen LogP contribution in [0.15, 0.2) is 29.5 Å². The van der Waals surface area contributed by atoms with E-state index in [1.807, 2.05) is 0 Å². The molecule has 1 aliphatic rings. The molecule has 0 saturated heterocycles. The Kier molecular flexibility index (Phi) is 4.52. The molecular weight excluding hydrogens is 298 g/mol. The van der Waals surface area contributed by atoms with E-state index < -0.39 is 23.6 Å². The van der Waals surface area contributed by atoms with Crippen LogP contribution in [0.5, 0.6) is 0 Å². The molecule has 0 fully saturated rings. The quantitative estimate of drug-likeness (QED) is 0.663. The number of rotatable bonds is 3. The van der Waals surface area contributed by atoms with Crippen molar-refractivity contribution in [1.29, 1.82) is 0 Å². The number of halogens is 2. The lowest BCUT2D eigenvalue weighted by atomic mass is 9.95. The van der Waals surface area contributed by atoms with Crippen molar-refractivity contribution >= 4 is 23.3 Å². The number of ether oxygens (including phenoxy) is 1. The fraction of sp³-hybridized carbons (Fsp3) is 0.286. The maximum atomic E-state index is 14.0. The number of hydrogen-bond acceptors (Lipinski definition) is 3. The summed E-state index contributed by atoms with van der Waals surface area (Å²) < 4.78 is 32.0. The summed E-state index contributed by atoms with van der Waals surface area (Å²) in [4.78, 5) is 12.1. The lowest BCUT2D eigenvalue weighted by Crippen LogP contribution is -2.45. The first-order chi connectivity index (χ1) is 9.93. The van der Waals surface area contributed by atoms with Crippen LogP contribution in [0.4, 0.5) is 8.78 Å². The molecule has 0 spiro atoms. The van der Waals surface area contributed by atoms with E-state index in [4.69, 9.17) is 17.0 Å². The minimum Gasteiger partial charge on any atom is -0.463 e. The third-order valence-electron chi connectivity index (χ3n) is 3.04. The smallest absolute Gasteiger partial charge is 0.338 e. The molecule has 0 radical (unpaired) electrons. The van der Waals surface area contributed by atoms with E-state index in [1.165, 1.54) is 6.07 Å². The fourth-order valence-corrected chi connectivity index (χ4v) is 2.41. The molecule has 4 nitrogen and oxygen atoms in total. The van der Waals surface area contributed by atoms with Gasteiger partial charge in [0.25, 0.3) is 0 Å². The topological polar surface area (TPSA) is 50.4 Å². The average molecular weight is 312 g/mol. The molecule has 21 heavy (non-hydrogen) atoms. The van der Waals surface area contributed by atoms with Crippen LogP contribution in [-0.4, -0.2) is 17.7 Å². The van der Waals surface area contributed by atoms with Crippen molar-refractivity contribution in [3.8, 4) is 0 Å². The molecule has 1 aliphatic heterocycles. The monoisotopic (exact) mass is 312 g/mol. The van der Waals surface area contributed by atoms with Gasteiger partial charge in [0, 0.05) is 17.3 Å². The SMILES string of the molecule is CCOC(=O)C1=C(C)NC(=S)N[C@@H]1c1ccc(F)cc1F. The highest BCUT2D eigenvalue weighted by atomic mass is 32.1. The molecule has 0 saturated carbocycles. The largest absolute Gasteiger partial charge is 0.463 e. The average Bonchev–Trinajstić information content (AvgIpc) is 2.37. The Balaban J connectivity index is 2.49. The van der Waals surface area contributed by atoms with Crippen molar-refractivity contribution in [1.82, 2.24) is 10.6 Å². The van der Waals surface area contributed by atoms with Gasteiger partial charge in [0.15, 0.2) is 5.11 Å². The maximum absolute atomic E-state index is 14.0. The summed E-state index contributed by atoms with van der Waals surface area (Å²) >= 11 is 5.03. The molecule has 7 heteroatoms. The van der Waals surface area contributed by atoms with Crippen molar-refractivity contribution in [3.05, 3.63) is 46.7 Å². The van der Waals surface area contributed by atoms with Gasteiger partial charge in [-0.1, -0.05) is 6.07 Å². The number of benzene rings is 1. The van der Waals surface area contributed by atoms with Crippen molar-refractivity contribution in [3.63, 3.8) is 0 Å². The first kappa shape index (κ1) is 15.4. The Labute approximate surface area is 126 Å². The summed E-state index contributed by atoms with van der Waals surface area (Å²) in [7, 11) is 0. The summed E-state index contributed by atoms with van der Waals surface area (Å²) in [6, 6.07) is 2.35. The predicted octanol–water partition coefficient (Wildman–Crippen LogP) is 2.32. The maximum Gasteiger partial charge on any atom is 0.338 e. The summed E-state index contributed by atoms with van der Waals surface area (Å²) in [6.45, 7) is 3.52. The van der Waals surface area contributed by atoms with Crippen LogP contribution in [0.2, 0.25) is 0 Å². The van der Waals surface area contributed by atoms with Gasteiger partial charge in [0.05, 0.1) is 18.2 Å². The Hall–Kier alpha value is -2.02. The molecule has 0 bridgehead atoms.